The lowest BCUT2D eigenvalue weighted by atomic mass is 10.1. The van der Waals surface area contributed by atoms with E-state index in [9.17, 15) is 4.79 Å². The Morgan fingerprint density at radius 1 is 1.12 bits per heavy atom. The maximum Gasteiger partial charge on any atom is 0.256 e. The Bertz CT molecular complexity index is 752. The predicted molar refractivity (Wildman–Crippen MR) is 97.8 cm³/mol. The van der Waals surface area contributed by atoms with E-state index in [1.165, 1.54) is 0 Å². The second kappa shape index (κ2) is 7.59. The van der Waals surface area contributed by atoms with E-state index in [1.807, 2.05) is 18.0 Å². The molecule has 0 unspecified atom stereocenters. The van der Waals surface area contributed by atoms with Crippen molar-refractivity contribution in [2.75, 3.05) is 57.5 Å². The Balaban J connectivity index is 0.00000182. The summed E-state index contributed by atoms with van der Waals surface area (Å²) >= 11 is 0. The summed E-state index contributed by atoms with van der Waals surface area (Å²) in [6.07, 6.45) is 3.68. The van der Waals surface area contributed by atoms with Crippen molar-refractivity contribution in [1.29, 1.82) is 0 Å². The zero-order chi connectivity index (χ0) is 16.5. The van der Waals surface area contributed by atoms with Crippen LogP contribution in [0.3, 0.4) is 0 Å². The number of carbonyl (C=O) groups excluding carboxylic acids is 1. The van der Waals surface area contributed by atoms with Crippen LogP contribution in [0.5, 0.6) is 0 Å². The molecule has 0 bridgehead atoms. The van der Waals surface area contributed by atoms with Gasteiger partial charge in [0.15, 0.2) is 5.82 Å². The number of fused-ring (bicyclic) bond motifs is 1. The first kappa shape index (κ1) is 18.0. The van der Waals surface area contributed by atoms with E-state index >= 15 is 0 Å². The summed E-state index contributed by atoms with van der Waals surface area (Å²) in [7, 11) is 0. The normalized spacial score (nSPS) is 18.3. The quantitative estimate of drug-likeness (QED) is 0.874. The van der Waals surface area contributed by atoms with Gasteiger partial charge in [-0.3, -0.25) is 4.79 Å². The molecule has 0 saturated carbocycles. The molecule has 2 aliphatic rings. The lowest BCUT2D eigenvalue weighted by Crippen LogP contribution is -2.41. The van der Waals surface area contributed by atoms with Gasteiger partial charge in [-0.05, 0) is 12.5 Å². The second-order valence-corrected chi connectivity index (χ2v) is 6.22. The summed E-state index contributed by atoms with van der Waals surface area (Å²) in [5.41, 5.74) is 2.68. The van der Waals surface area contributed by atoms with Crippen LogP contribution in [-0.4, -0.2) is 73.4 Å². The van der Waals surface area contributed by atoms with Crippen LogP contribution in [0.15, 0.2) is 12.4 Å². The highest BCUT2D eigenvalue weighted by molar-refractivity contribution is 6.09. The topological polar surface area (TPSA) is 70.7 Å². The van der Waals surface area contributed by atoms with Crippen LogP contribution < -0.4 is 4.90 Å². The fraction of sp³-hybridized carbons (Fsp3) is 0.529. The average molecular weight is 367 g/mol. The third-order valence-electron chi connectivity index (χ3n) is 4.73. The highest BCUT2D eigenvalue weighted by Crippen LogP contribution is 2.30. The SMILES string of the molecule is Cc1c[nH]c2c(N3CCOCC3)ncc(C(=O)N3CCOCC3)c12.Cl. The van der Waals surface area contributed by atoms with E-state index in [-0.39, 0.29) is 18.3 Å². The molecular formula is C17H23ClN4O3. The van der Waals surface area contributed by atoms with Gasteiger partial charge in [0, 0.05) is 44.0 Å². The van der Waals surface area contributed by atoms with Crippen molar-refractivity contribution in [2.45, 2.75) is 6.92 Å². The first-order valence-electron chi connectivity index (χ1n) is 8.42. The zero-order valence-corrected chi connectivity index (χ0v) is 15.1. The van der Waals surface area contributed by atoms with Gasteiger partial charge in [-0.2, -0.15) is 0 Å². The van der Waals surface area contributed by atoms with Gasteiger partial charge in [-0.1, -0.05) is 0 Å². The van der Waals surface area contributed by atoms with E-state index in [2.05, 4.69) is 14.9 Å². The summed E-state index contributed by atoms with van der Waals surface area (Å²) in [4.78, 5) is 24.9. The summed E-state index contributed by atoms with van der Waals surface area (Å²) in [5, 5.41) is 0.975. The van der Waals surface area contributed by atoms with Crippen LogP contribution in [-0.2, 0) is 9.47 Å². The van der Waals surface area contributed by atoms with Gasteiger partial charge in [0.2, 0.25) is 0 Å². The number of rotatable bonds is 2. The van der Waals surface area contributed by atoms with Crippen molar-refractivity contribution in [3.63, 3.8) is 0 Å². The molecule has 0 aliphatic carbocycles. The number of halogens is 1. The Morgan fingerprint density at radius 3 is 2.44 bits per heavy atom. The Morgan fingerprint density at radius 2 is 1.76 bits per heavy atom. The fourth-order valence-corrected chi connectivity index (χ4v) is 3.41. The van der Waals surface area contributed by atoms with Gasteiger partial charge in [-0.15, -0.1) is 12.4 Å². The minimum atomic E-state index is 0. The van der Waals surface area contributed by atoms with Gasteiger partial charge < -0.3 is 24.3 Å². The minimum absolute atomic E-state index is 0. The number of aromatic nitrogens is 2. The standard InChI is InChI=1S/C17H22N4O3.ClH/c1-12-10-18-15-14(12)13(17(22)21-4-8-24-9-5-21)11-19-16(15)20-2-6-23-7-3-20;/h10-11,18H,2-9H2,1H3;1H. The highest BCUT2D eigenvalue weighted by atomic mass is 35.5. The summed E-state index contributed by atoms with van der Waals surface area (Å²) in [5.74, 6) is 0.937. The molecule has 2 aromatic heterocycles. The lowest BCUT2D eigenvalue weighted by molar-refractivity contribution is 0.0304. The number of H-pyrrole nitrogens is 1. The molecule has 0 atom stereocenters. The predicted octanol–water partition coefficient (Wildman–Crippen LogP) is 1.60. The van der Waals surface area contributed by atoms with Crippen molar-refractivity contribution < 1.29 is 14.3 Å². The van der Waals surface area contributed by atoms with Crippen molar-refractivity contribution in [2.24, 2.45) is 0 Å². The first-order valence-corrected chi connectivity index (χ1v) is 8.42. The van der Waals surface area contributed by atoms with Gasteiger partial charge in [-0.25, -0.2) is 4.98 Å². The monoisotopic (exact) mass is 366 g/mol. The Labute approximate surface area is 152 Å². The van der Waals surface area contributed by atoms with Crippen LogP contribution >= 0.6 is 12.4 Å². The van der Waals surface area contributed by atoms with E-state index < -0.39 is 0 Å². The summed E-state index contributed by atoms with van der Waals surface area (Å²) in [6, 6.07) is 0. The molecule has 4 rings (SSSR count). The first-order chi connectivity index (χ1) is 11.8. The number of aryl methyl sites for hydroxylation is 1. The molecular weight excluding hydrogens is 344 g/mol. The molecule has 25 heavy (non-hydrogen) atoms. The molecule has 0 spiro atoms. The number of amides is 1. The molecule has 2 fully saturated rings. The van der Waals surface area contributed by atoms with Crippen molar-refractivity contribution in [3.05, 3.63) is 23.5 Å². The summed E-state index contributed by atoms with van der Waals surface area (Å²) < 4.78 is 10.8. The molecule has 2 saturated heterocycles. The largest absolute Gasteiger partial charge is 0.378 e. The molecule has 8 heteroatoms. The number of nitrogens with zero attached hydrogens (tertiary/aromatic N) is 3. The van der Waals surface area contributed by atoms with Crippen molar-refractivity contribution in [1.82, 2.24) is 14.9 Å². The molecule has 1 N–H and O–H groups in total. The average Bonchev–Trinajstić information content (AvgIpc) is 3.04. The molecule has 7 nitrogen and oxygen atoms in total. The van der Waals surface area contributed by atoms with Crippen molar-refractivity contribution >= 4 is 35.0 Å². The number of pyridine rings is 1. The van der Waals surface area contributed by atoms with Gasteiger partial charge in [0.05, 0.1) is 37.5 Å². The fourth-order valence-electron chi connectivity index (χ4n) is 3.41. The van der Waals surface area contributed by atoms with Crippen LogP contribution in [0.2, 0.25) is 0 Å². The molecule has 136 valence electrons. The highest BCUT2D eigenvalue weighted by Gasteiger charge is 2.25. The van der Waals surface area contributed by atoms with E-state index in [1.54, 1.807) is 6.20 Å². The maximum atomic E-state index is 12.9. The molecule has 2 aromatic rings. The number of aromatic amines is 1. The third kappa shape index (κ3) is 3.31. The molecule has 0 aromatic carbocycles. The van der Waals surface area contributed by atoms with Crippen LogP contribution in [0, 0.1) is 6.92 Å². The number of anilines is 1. The van der Waals surface area contributed by atoms with Crippen LogP contribution in [0.1, 0.15) is 15.9 Å². The van der Waals surface area contributed by atoms with Gasteiger partial charge in [0.25, 0.3) is 5.91 Å². The van der Waals surface area contributed by atoms with Crippen LogP contribution in [0.4, 0.5) is 5.82 Å². The second-order valence-electron chi connectivity index (χ2n) is 6.22. The smallest absolute Gasteiger partial charge is 0.256 e. The summed E-state index contributed by atoms with van der Waals surface area (Å²) in [6.45, 7) is 7.53. The number of hydrogen-bond donors (Lipinski definition) is 1. The Kier molecular flexibility index (Phi) is 5.46. The maximum absolute atomic E-state index is 12.9. The number of nitrogens with one attached hydrogen (secondary N) is 1. The van der Waals surface area contributed by atoms with E-state index in [4.69, 9.17) is 9.47 Å². The zero-order valence-electron chi connectivity index (χ0n) is 14.3. The van der Waals surface area contributed by atoms with E-state index in [0.717, 1.165) is 35.4 Å². The number of ether oxygens (including phenoxy) is 2. The van der Waals surface area contributed by atoms with E-state index in [0.29, 0.717) is 45.1 Å². The van der Waals surface area contributed by atoms with Gasteiger partial charge in [0.1, 0.15) is 0 Å². The molecule has 2 aliphatic heterocycles. The Hall–Kier alpha value is -1.83. The molecule has 0 radical (unpaired) electrons. The molecule has 1 amide bonds. The molecule has 4 heterocycles. The lowest BCUT2D eigenvalue weighted by Gasteiger charge is -2.29. The van der Waals surface area contributed by atoms with Crippen LogP contribution in [0.25, 0.3) is 10.9 Å². The minimum Gasteiger partial charge on any atom is -0.378 e. The number of hydrogen-bond acceptors (Lipinski definition) is 5. The number of morpholine rings is 2. The van der Waals surface area contributed by atoms with Crippen molar-refractivity contribution in [3.8, 4) is 0 Å². The number of carbonyl (C=O) groups is 1. The van der Waals surface area contributed by atoms with Gasteiger partial charge >= 0.3 is 0 Å². The third-order valence-corrected chi connectivity index (χ3v) is 4.73.